The lowest BCUT2D eigenvalue weighted by atomic mass is 10.3. The highest BCUT2D eigenvalue weighted by atomic mass is 31.2. The molecule has 0 saturated carbocycles. The van der Waals surface area contributed by atoms with Crippen LogP contribution in [-0.2, 0) is 18.6 Å². The Morgan fingerprint density at radius 1 is 1.38 bits per heavy atom. The van der Waals surface area contributed by atoms with Crippen molar-refractivity contribution >= 4 is 18.9 Å². The number of carbonyl (C=O) groups is 1. The molecule has 7 heteroatoms. The zero-order valence-corrected chi connectivity index (χ0v) is 13.1. The lowest BCUT2D eigenvalue weighted by molar-refractivity contribution is -0.144. The molecule has 0 spiro atoms. The summed E-state index contributed by atoms with van der Waals surface area (Å²) in [6, 6.07) is 6.02. The van der Waals surface area contributed by atoms with Gasteiger partial charge in [0.25, 0.3) is 0 Å². The molecule has 21 heavy (non-hydrogen) atoms. The van der Waals surface area contributed by atoms with Gasteiger partial charge in [0.15, 0.2) is 0 Å². The van der Waals surface area contributed by atoms with Crippen LogP contribution in [0.4, 0.5) is 0 Å². The summed E-state index contributed by atoms with van der Waals surface area (Å²) < 4.78 is 27.0. The van der Waals surface area contributed by atoms with Gasteiger partial charge in [-0.05, 0) is 38.1 Å². The van der Waals surface area contributed by atoms with Gasteiger partial charge in [-0.2, -0.15) is 0 Å². The maximum atomic E-state index is 12.1. The van der Waals surface area contributed by atoms with E-state index in [2.05, 4.69) is 6.58 Å². The Bertz CT molecular complexity index is 551. The van der Waals surface area contributed by atoms with Crippen molar-refractivity contribution in [3.8, 4) is 5.75 Å². The highest BCUT2D eigenvalue weighted by molar-refractivity contribution is 7.61. The van der Waals surface area contributed by atoms with Crippen LogP contribution in [0.1, 0.15) is 13.8 Å². The van der Waals surface area contributed by atoms with Crippen molar-refractivity contribution in [2.24, 2.45) is 0 Å². The molecule has 1 aromatic rings. The summed E-state index contributed by atoms with van der Waals surface area (Å²) in [5.74, 6) is 0.00539. The number of hydrogen-bond donors (Lipinski definition) is 1. The number of rotatable bonds is 7. The quantitative estimate of drug-likeness (QED) is 0.471. The standard InChI is InChI=1S/C14H19O6P/c1-10(2)14(15)20-11(3)9-19-21(16,17)13-7-5-12(18-4)6-8-13/h5-8,11H,1,9H2,2-4H3,(H,16,17). The molecule has 116 valence electrons. The number of methoxy groups -OCH3 is 1. The smallest absolute Gasteiger partial charge is 0.358 e. The fourth-order valence-electron chi connectivity index (χ4n) is 1.37. The van der Waals surface area contributed by atoms with Crippen LogP contribution in [-0.4, -0.2) is 30.7 Å². The number of hydrogen-bond acceptors (Lipinski definition) is 5. The first-order chi connectivity index (χ1) is 9.76. The maximum Gasteiger partial charge on any atom is 0.358 e. The predicted molar refractivity (Wildman–Crippen MR) is 78.8 cm³/mol. The summed E-state index contributed by atoms with van der Waals surface area (Å²) in [6.07, 6.45) is -0.659. The molecule has 0 aromatic heterocycles. The van der Waals surface area contributed by atoms with Gasteiger partial charge >= 0.3 is 13.6 Å². The molecule has 2 atom stereocenters. The largest absolute Gasteiger partial charge is 0.497 e. The van der Waals surface area contributed by atoms with Gasteiger partial charge in [-0.15, -0.1) is 0 Å². The second-order valence-corrected chi connectivity index (χ2v) is 6.33. The second-order valence-electron chi connectivity index (χ2n) is 4.51. The van der Waals surface area contributed by atoms with Gasteiger partial charge in [0.2, 0.25) is 0 Å². The van der Waals surface area contributed by atoms with Crippen LogP contribution in [0, 0.1) is 0 Å². The minimum absolute atomic E-state index is 0.140. The van der Waals surface area contributed by atoms with E-state index in [1.165, 1.54) is 26.2 Å². The van der Waals surface area contributed by atoms with Crippen LogP contribution in [0.15, 0.2) is 36.4 Å². The molecule has 0 heterocycles. The van der Waals surface area contributed by atoms with E-state index in [1.807, 2.05) is 0 Å². The molecule has 0 amide bonds. The van der Waals surface area contributed by atoms with Crippen molar-refractivity contribution in [1.29, 1.82) is 0 Å². The normalized spacial score (nSPS) is 14.9. The molecule has 0 radical (unpaired) electrons. The maximum absolute atomic E-state index is 12.1. The van der Waals surface area contributed by atoms with E-state index in [0.717, 1.165) is 0 Å². The first-order valence-corrected chi connectivity index (χ1v) is 7.82. The Hall–Kier alpha value is -1.62. The third-order valence-corrected chi connectivity index (χ3v) is 3.99. The fraction of sp³-hybridized carbons (Fsp3) is 0.357. The Labute approximate surface area is 123 Å². The number of esters is 1. The van der Waals surface area contributed by atoms with Gasteiger partial charge in [-0.1, -0.05) is 6.58 Å². The van der Waals surface area contributed by atoms with Crippen molar-refractivity contribution in [1.82, 2.24) is 0 Å². The fourth-order valence-corrected chi connectivity index (χ4v) is 2.46. The van der Waals surface area contributed by atoms with Crippen molar-refractivity contribution in [3.63, 3.8) is 0 Å². The van der Waals surface area contributed by atoms with Crippen molar-refractivity contribution < 1.29 is 28.3 Å². The first-order valence-electron chi connectivity index (χ1n) is 6.24. The average molecular weight is 314 g/mol. The molecule has 2 unspecified atom stereocenters. The molecule has 0 saturated heterocycles. The van der Waals surface area contributed by atoms with E-state index in [0.29, 0.717) is 5.75 Å². The highest BCUT2D eigenvalue weighted by Gasteiger charge is 2.24. The second kappa shape index (κ2) is 7.41. The molecule has 6 nitrogen and oxygen atoms in total. The van der Waals surface area contributed by atoms with Crippen LogP contribution in [0.3, 0.4) is 0 Å². The zero-order chi connectivity index (χ0) is 16.0. The summed E-state index contributed by atoms with van der Waals surface area (Å²) in [5, 5.41) is 0.140. The van der Waals surface area contributed by atoms with Gasteiger partial charge in [0, 0.05) is 5.57 Å². The molecule has 0 aliphatic carbocycles. The third-order valence-electron chi connectivity index (χ3n) is 2.54. The SMILES string of the molecule is C=C(C)C(=O)OC(C)COP(=O)(O)c1ccc(OC)cc1. The minimum atomic E-state index is -3.97. The molecule has 0 aliphatic rings. The molecule has 0 bridgehead atoms. The van der Waals surface area contributed by atoms with E-state index in [1.54, 1.807) is 19.1 Å². The van der Waals surface area contributed by atoms with Crippen molar-refractivity contribution in [2.75, 3.05) is 13.7 Å². The molecule has 0 fully saturated rings. The van der Waals surface area contributed by atoms with Gasteiger partial charge in [0.05, 0.1) is 19.0 Å². The summed E-state index contributed by atoms with van der Waals surface area (Å²) in [7, 11) is -2.46. The Kier molecular flexibility index (Phi) is 6.15. The van der Waals surface area contributed by atoms with Crippen LogP contribution in [0.5, 0.6) is 5.75 Å². The molecule has 0 aliphatic heterocycles. The van der Waals surface area contributed by atoms with E-state index >= 15 is 0 Å². The molecule has 1 N–H and O–H groups in total. The highest BCUT2D eigenvalue weighted by Crippen LogP contribution is 2.41. The Balaban J connectivity index is 2.61. The van der Waals surface area contributed by atoms with E-state index < -0.39 is 19.7 Å². The molecule has 1 aromatic carbocycles. The van der Waals surface area contributed by atoms with Crippen molar-refractivity contribution in [2.45, 2.75) is 20.0 Å². The van der Waals surface area contributed by atoms with Crippen LogP contribution in [0.2, 0.25) is 0 Å². The first kappa shape index (κ1) is 17.4. The number of ether oxygens (including phenoxy) is 2. The van der Waals surface area contributed by atoms with Gasteiger partial charge in [0.1, 0.15) is 11.9 Å². The van der Waals surface area contributed by atoms with E-state index in [4.69, 9.17) is 14.0 Å². The van der Waals surface area contributed by atoms with E-state index in [9.17, 15) is 14.3 Å². The summed E-state index contributed by atoms with van der Waals surface area (Å²) in [6.45, 7) is 6.34. The van der Waals surface area contributed by atoms with Crippen molar-refractivity contribution in [3.05, 3.63) is 36.4 Å². The monoisotopic (exact) mass is 314 g/mol. The van der Waals surface area contributed by atoms with Crippen LogP contribution >= 0.6 is 7.60 Å². The Morgan fingerprint density at radius 2 is 1.95 bits per heavy atom. The zero-order valence-electron chi connectivity index (χ0n) is 12.2. The van der Waals surface area contributed by atoms with Gasteiger partial charge in [-0.25, -0.2) is 4.79 Å². The van der Waals surface area contributed by atoms with Gasteiger partial charge in [-0.3, -0.25) is 4.57 Å². The summed E-state index contributed by atoms with van der Waals surface area (Å²) in [5.41, 5.74) is 0.254. The Morgan fingerprint density at radius 3 is 2.43 bits per heavy atom. The average Bonchev–Trinajstić information content (AvgIpc) is 2.45. The third kappa shape index (κ3) is 5.34. The number of benzene rings is 1. The number of carbonyl (C=O) groups excluding carboxylic acids is 1. The van der Waals surface area contributed by atoms with E-state index in [-0.39, 0.29) is 17.5 Å². The lowest BCUT2D eigenvalue weighted by Gasteiger charge is -2.17. The lowest BCUT2D eigenvalue weighted by Crippen LogP contribution is -2.21. The predicted octanol–water partition coefficient (Wildman–Crippen LogP) is 2.03. The minimum Gasteiger partial charge on any atom is -0.497 e. The molecular formula is C14H19O6P. The van der Waals surface area contributed by atoms with Gasteiger partial charge < -0.3 is 18.9 Å². The molecule has 1 rings (SSSR count). The topological polar surface area (TPSA) is 82.1 Å². The summed E-state index contributed by atoms with van der Waals surface area (Å²) in [4.78, 5) is 21.2. The van der Waals surface area contributed by atoms with Crippen LogP contribution < -0.4 is 10.0 Å². The summed E-state index contributed by atoms with van der Waals surface area (Å²) >= 11 is 0. The van der Waals surface area contributed by atoms with Crippen LogP contribution in [0.25, 0.3) is 0 Å². The molecular weight excluding hydrogens is 295 g/mol.